The Kier molecular flexibility index (Phi) is 1.98. The molecule has 2 nitrogen and oxygen atoms in total. The average Bonchev–Trinajstić information content (AvgIpc) is 2.71. The normalized spacial score (nSPS) is 43.1. The van der Waals surface area contributed by atoms with E-state index in [1.807, 2.05) is 6.07 Å². The summed E-state index contributed by atoms with van der Waals surface area (Å²) in [6.45, 7) is 0. The molecule has 3 aliphatic carbocycles. The molecule has 1 aromatic rings. The zero-order valence-corrected chi connectivity index (χ0v) is 9.80. The summed E-state index contributed by atoms with van der Waals surface area (Å²) in [6.07, 6.45) is 3.48. The molecule has 0 radical (unpaired) electrons. The monoisotopic (exact) mass is 227 g/mol. The van der Waals surface area contributed by atoms with Gasteiger partial charge in [-0.2, -0.15) is 0 Å². The highest BCUT2D eigenvalue weighted by Gasteiger charge is 2.56. The SMILES string of the molecule is O=C1[C@@H]2CC[C@@H]3[C@H]1[C@@H](c1ccccc1)N[C@@H]3C2. The molecule has 4 bridgehead atoms. The van der Waals surface area contributed by atoms with Gasteiger partial charge in [-0.3, -0.25) is 4.79 Å². The van der Waals surface area contributed by atoms with Gasteiger partial charge in [0.05, 0.1) is 0 Å². The van der Waals surface area contributed by atoms with Crippen LogP contribution in [0.3, 0.4) is 0 Å². The quantitative estimate of drug-likeness (QED) is 0.797. The molecule has 0 amide bonds. The largest absolute Gasteiger partial charge is 0.306 e. The molecule has 1 aliphatic heterocycles. The number of rotatable bonds is 1. The van der Waals surface area contributed by atoms with Crippen LogP contribution in [0.2, 0.25) is 0 Å². The van der Waals surface area contributed by atoms with Gasteiger partial charge in [-0.05, 0) is 30.7 Å². The van der Waals surface area contributed by atoms with Gasteiger partial charge in [0.1, 0.15) is 5.78 Å². The number of carbonyl (C=O) groups excluding carboxylic acids is 1. The van der Waals surface area contributed by atoms with Crippen molar-refractivity contribution in [1.82, 2.24) is 5.32 Å². The van der Waals surface area contributed by atoms with Crippen LogP contribution < -0.4 is 5.32 Å². The van der Waals surface area contributed by atoms with Crippen molar-refractivity contribution in [2.45, 2.75) is 31.3 Å². The molecular formula is C15H17NO. The molecule has 4 aliphatic rings. The minimum Gasteiger partial charge on any atom is -0.306 e. The second-order valence-corrected chi connectivity index (χ2v) is 5.76. The number of nitrogens with one attached hydrogen (secondary N) is 1. The molecule has 2 heteroatoms. The third kappa shape index (κ3) is 1.28. The van der Waals surface area contributed by atoms with Crippen molar-refractivity contribution >= 4 is 5.78 Å². The van der Waals surface area contributed by atoms with Crippen molar-refractivity contribution in [3.63, 3.8) is 0 Å². The zero-order valence-electron chi connectivity index (χ0n) is 9.80. The standard InChI is InChI=1S/C15H17NO/c17-15-10-6-7-11-12(8-10)16-14(13(11)15)9-4-2-1-3-5-9/h1-5,10-14,16H,6-8H2/t10-,11+,12-,13+,14-/m1/s1. The highest BCUT2D eigenvalue weighted by Crippen LogP contribution is 2.52. The molecule has 88 valence electrons. The minimum absolute atomic E-state index is 0.259. The van der Waals surface area contributed by atoms with Crippen molar-refractivity contribution in [3.8, 4) is 0 Å². The van der Waals surface area contributed by atoms with Crippen LogP contribution in [0.25, 0.3) is 0 Å². The van der Waals surface area contributed by atoms with Crippen molar-refractivity contribution in [2.24, 2.45) is 17.8 Å². The van der Waals surface area contributed by atoms with E-state index in [0.29, 0.717) is 23.7 Å². The zero-order chi connectivity index (χ0) is 11.4. The molecule has 4 fully saturated rings. The van der Waals surface area contributed by atoms with Gasteiger partial charge in [-0.25, -0.2) is 0 Å². The van der Waals surface area contributed by atoms with E-state index < -0.39 is 0 Å². The summed E-state index contributed by atoms with van der Waals surface area (Å²) in [4.78, 5) is 12.4. The van der Waals surface area contributed by atoms with Crippen molar-refractivity contribution in [1.29, 1.82) is 0 Å². The van der Waals surface area contributed by atoms with Crippen LogP contribution in [-0.2, 0) is 4.79 Å². The molecule has 1 N–H and O–H groups in total. The summed E-state index contributed by atoms with van der Waals surface area (Å²) < 4.78 is 0. The number of Topliss-reactive ketones (excluding diaryl/α,β-unsaturated/α-hetero) is 1. The summed E-state index contributed by atoms with van der Waals surface area (Å²) in [5, 5.41) is 3.71. The molecule has 0 unspecified atom stereocenters. The lowest BCUT2D eigenvalue weighted by atomic mass is 9.62. The topological polar surface area (TPSA) is 29.1 Å². The number of fused-ring (bicyclic) bond motifs is 1. The lowest BCUT2D eigenvalue weighted by molar-refractivity contribution is -0.134. The molecule has 1 heterocycles. The van der Waals surface area contributed by atoms with Gasteiger partial charge in [-0.15, -0.1) is 0 Å². The van der Waals surface area contributed by atoms with E-state index in [4.69, 9.17) is 0 Å². The van der Waals surface area contributed by atoms with Crippen LogP contribution in [0.1, 0.15) is 30.9 Å². The lowest BCUT2D eigenvalue weighted by Crippen LogP contribution is -2.44. The van der Waals surface area contributed by atoms with Crippen molar-refractivity contribution < 1.29 is 4.79 Å². The molecule has 0 spiro atoms. The fourth-order valence-electron chi connectivity index (χ4n) is 4.27. The maximum absolute atomic E-state index is 12.4. The number of hydrogen-bond acceptors (Lipinski definition) is 2. The minimum atomic E-state index is 0.259. The Morgan fingerprint density at radius 3 is 2.76 bits per heavy atom. The Morgan fingerprint density at radius 1 is 1.12 bits per heavy atom. The number of hydrogen-bond donors (Lipinski definition) is 1. The third-order valence-corrected chi connectivity index (χ3v) is 5.01. The summed E-state index contributed by atoms with van der Waals surface area (Å²) in [7, 11) is 0. The molecule has 1 saturated heterocycles. The Morgan fingerprint density at radius 2 is 1.94 bits per heavy atom. The van der Waals surface area contributed by atoms with Gasteiger partial charge in [0.15, 0.2) is 0 Å². The Bertz CT molecular complexity index is 455. The molecule has 1 aromatic carbocycles. The average molecular weight is 227 g/mol. The second-order valence-electron chi connectivity index (χ2n) is 5.76. The highest BCUT2D eigenvalue weighted by atomic mass is 16.1. The van der Waals surface area contributed by atoms with Gasteiger partial charge in [0.25, 0.3) is 0 Å². The second kappa shape index (κ2) is 3.42. The number of carbonyl (C=O) groups is 1. The highest BCUT2D eigenvalue weighted by molar-refractivity contribution is 5.87. The van der Waals surface area contributed by atoms with Crippen LogP contribution in [0.5, 0.6) is 0 Å². The number of benzene rings is 1. The van der Waals surface area contributed by atoms with E-state index in [9.17, 15) is 4.79 Å². The molecule has 5 rings (SSSR count). The molecule has 3 saturated carbocycles. The van der Waals surface area contributed by atoms with E-state index >= 15 is 0 Å². The summed E-state index contributed by atoms with van der Waals surface area (Å²) in [5.74, 6) is 1.76. The smallest absolute Gasteiger partial charge is 0.141 e. The molecule has 5 atom stereocenters. The summed E-state index contributed by atoms with van der Waals surface area (Å²) in [6, 6.07) is 11.4. The van der Waals surface area contributed by atoms with Gasteiger partial charge in [-0.1, -0.05) is 30.3 Å². The van der Waals surface area contributed by atoms with Crippen LogP contribution >= 0.6 is 0 Å². The van der Waals surface area contributed by atoms with Gasteiger partial charge >= 0.3 is 0 Å². The van der Waals surface area contributed by atoms with Crippen LogP contribution in [-0.4, -0.2) is 11.8 Å². The van der Waals surface area contributed by atoms with Crippen molar-refractivity contribution in [2.75, 3.05) is 0 Å². The van der Waals surface area contributed by atoms with Crippen molar-refractivity contribution in [3.05, 3.63) is 35.9 Å². The maximum atomic E-state index is 12.4. The fourth-order valence-corrected chi connectivity index (χ4v) is 4.27. The first-order valence-corrected chi connectivity index (χ1v) is 6.69. The first-order valence-electron chi connectivity index (χ1n) is 6.69. The Balaban J connectivity index is 1.74. The van der Waals surface area contributed by atoms with Gasteiger partial charge in [0.2, 0.25) is 0 Å². The van der Waals surface area contributed by atoms with Gasteiger partial charge in [0, 0.05) is 23.9 Å². The number of ketones is 1. The van der Waals surface area contributed by atoms with E-state index in [1.54, 1.807) is 0 Å². The Hall–Kier alpha value is -1.15. The first kappa shape index (κ1) is 9.84. The summed E-state index contributed by atoms with van der Waals surface area (Å²) >= 11 is 0. The Labute approximate surface area is 101 Å². The van der Waals surface area contributed by atoms with Crippen LogP contribution in [0.15, 0.2) is 30.3 Å². The molecule has 17 heavy (non-hydrogen) atoms. The molecule has 0 aromatic heterocycles. The van der Waals surface area contributed by atoms with Crippen LogP contribution in [0, 0.1) is 17.8 Å². The van der Waals surface area contributed by atoms with E-state index in [0.717, 1.165) is 12.8 Å². The first-order chi connectivity index (χ1) is 8.34. The van der Waals surface area contributed by atoms with Crippen LogP contribution in [0.4, 0.5) is 0 Å². The van der Waals surface area contributed by atoms with E-state index in [-0.39, 0.29) is 12.0 Å². The van der Waals surface area contributed by atoms with Gasteiger partial charge < -0.3 is 5.32 Å². The fraction of sp³-hybridized carbons (Fsp3) is 0.533. The van der Waals surface area contributed by atoms with E-state index in [1.165, 1.54) is 12.0 Å². The van der Waals surface area contributed by atoms with E-state index in [2.05, 4.69) is 29.6 Å². The lowest BCUT2D eigenvalue weighted by Gasteiger charge is -2.40. The predicted octanol–water partition coefficient (Wildman–Crippen LogP) is 2.31. The maximum Gasteiger partial charge on any atom is 0.141 e. The third-order valence-electron chi connectivity index (χ3n) is 5.01. The predicted molar refractivity (Wildman–Crippen MR) is 65.4 cm³/mol. The summed E-state index contributed by atoms with van der Waals surface area (Å²) in [5.41, 5.74) is 1.29. The molecular weight excluding hydrogens is 210 g/mol.